The Hall–Kier alpha value is -1.75. The first-order chi connectivity index (χ1) is 9.53. The van der Waals surface area contributed by atoms with E-state index < -0.39 is 0 Å². The van der Waals surface area contributed by atoms with Crippen LogP contribution in [0.25, 0.3) is 0 Å². The molecule has 0 spiro atoms. The number of hydrogen-bond acceptors (Lipinski definition) is 5. The number of carbonyl (C=O) groups excluding carboxylic acids is 2. The Morgan fingerprint density at radius 1 is 1.05 bits per heavy atom. The van der Waals surface area contributed by atoms with E-state index in [9.17, 15) is 9.59 Å². The highest BCUT2D eigenvalue weighted by Crippen LogP contribution is 2.33. The minimum atomic E-state index is -0.337. The quantitative estimate of drug-likeness (QED) is 0.572. The number of carbonyl (C=O) groups is 2. The standard InChI is InChI=1S/C14H17ClO5/c1-18-12-7-9(10(15)8-13(12)19-2)11(16)5-4-6-14(17)20-3/h7-8H,4-6H2,1-3H3. The van der Waals surface area contributed by atoms with E-state index in [4.69, 9.17) is 21.1 Å². The third-order valence-corrected chi connectivity index (χ3v) is 3.10. The maximum atomic E-state index is 12.1. The second-order valence-electron chi connectivity index (χ2n) is 4.04. The highest BCUT2D eigenvalue weighted by molar-refractivity contribution is 6.34. The van der Waals surface area contributed by atoms with Gasteiger partial charge in [-0.3, -0.25) is 9.59 Å². The number of Topliss-reactive ketones (excluding diaryl/α,β-unsaturated/α-hetero) is 1. The van der Waals surface area contributed by atoms with E-state index >= 15 is 0 Å². The molecule has 1 rings (SSSR count). The number of esters is 1. The third kappa shape index (κ3) is 4.13. The van der Waals surface area contributed by atoms with Gasteiger partial charge < -0.3 is 14.2 Å². The molecular weight excluding hydrogens is 284 g/mol. The summed E-state index contributed by atoms with van der Waals surface area (Å²) in [5.41, 5.74) is 0.356. The molecule has 0 aliphatic rings. The predicted octanol–water partition coefficient (Wildman–Crippen LogP) is 2.88. The SMILES string of the molecule is COC(=O)CCCC(=O)c1cc(OC)c(OC)cc1Cl. The number of ketones is 1. The van der Waals surface area contributed by atoms with Crippen LogP contribution in [0.4, 0.5) is 0 Å². The average molecular weight is 301 g/mol. The molecule has 0 saturated carbocycles. The normalized spacial score (nSPS) is 10.0. The zero-order chi connectivity index (χ0) is 15.1. The van der Waals surface area contributed by atoms with E-state index in [0.29, 0.717) is 28.5 Å². The van der Waals surface area contributed by atoms with Crippen LogP contribution in [-0.4, -0.2) is 33.1 Å². The van der Waals surface area contributed by atoms with Crippen molar-refractivity contribution in [2.24, 2.45) is 0 Å². The van der Waals surface area contributed by atoms with Gasteiger partial charge in [-0.15, -0.1) is 0 Å². The van der Waals surface area contributed by atoms with E-state index in [2.05, 4.69) is 4.74 Å². The molecule has 0 saturated heterocycles. The molecule has 0 N–H and O–H groups in total. The van der Waals surface area contributed by atoms with Crippen molar-refractivity contribution in [1.29, 1.82) is 0 Å². The number of hydrogen-bond donors (Lipinski definition) is 0. The molecule has 0 aliphatic carbocycles. The molecule has 0 aliphatic heterocycles. The van der Waals surface area contributed by atoms with Crippen molar-refractivity contribution >= 4 is 23.4 Å². The second kappa shape index (κ2) is 7.75. The van der Waals surface area contributed by atoms with Crippen LogP contribution in [0.3, 0.4) is 0 Å². The summed E-state index contributed by atoms with van der Waals surface area (Å²) in [6, 6.07) is 3.08. The fraction of sp³-hybridized carbons (Fsp3) is 0.429. The lowest BCUT2D eigenvalue weighted by atomic mass is 10.0. The van der Waals surface area contributed by atoms with E-state index in [-0.39, 0.29) is 24.6 Å². The van der Waals surface area contributed by atoms with Gasteiger partial charge in [0.15, 0.2) is 17.3 Å². The number of halogens is 1. The van der Waals surface area contributed by atoms with Crippen LogP contribution >= 0.6 is 11.6 Å². The number of ether oxygens (including phenoxy) is 3. The van der Waals surface area contributed by atoms with Crippen LogP contribution in [-0.2, 0) is 9.53 Å². The van der Waals surface area contributed by atoms with E-state index in [0.717, 1.165) is 0 Å². The van der Waals surface area contributed by atoms with Gasteiger partial charge in [-0.25, -0.2) is 0 Å². The Kier molecular flexibility index (Phi) is 6.31. The number of rotatable bonds is 7. The molecule has 0 heterocycles. The minimum absolute atomic E-state index is 0.153. The fourth-order valence-electron chi connectivity index (χ4n) is 1.70. The fourth-order valence-corrected chi connectivity index (χ4v) is 1.96. The van der Waals surface area contributed by atoms with E-state index in [1.807, 2.05) is 0 Å². The molecule has 0 fully saturated rings. The molecule has 110 valence electrons. The van der Waals surface area contributed by atoms with E-state index in [1.165, 1.54) is 27.4 Å². The van der Waals surface area contributed by atoms with Crippen molar-refractivity contribution in [2.75, 3.05) is 21.3 Å². The summed E-state index contributed by atoms with van der Waals surface area (Å²) in [5.74, 6) is 0.410. The van der Waals surface area contributed by atoms with Gasteiger partial charge in [-0.1, -0.05) is 11.6 Å². The molecule has 5 nitrogen and oxygen atoms in total. The summed E-state index contributed by atoms with van der Waals surface area (Å²) in [4.78, 5) is 23.1. The molecule has 0 bridgehead atoms. The zero-order valence-corrected chi connectivity index (χ0v) is 12.5. The largest absolute Gasteiger partial charge is 0.493 e. The first-order valence-electron chi connectivity index (χ1n) is 6.05. The van der Waals surface area contributed by atoms with Crippen molar-refractivity contribution in [3.8, 4) is 11.5 Å². The van der Waals surface area contributed by atoms with Crippen LogP contribution in [0.5, 0.6) is 11.5 Å². The van der Waals surface area contributed by atoms with Gasteiger partial charge in [0.05, 0.1) is 26.4 Å². The first kappa shape index (κ1) is 16.3. The van der Waals surface area contributed by atoms with Gasteiger partial charge in [0.1, 0.15) is 0 Å². The van der Waals surface area contributed by atoms with Crippen LogP contribution in [0.15, 0.2) is 12.1 Å². The molecule has 0 atom stereocenters. The zero-order valence-electron chi connectivity index (χ0n) is 11.7. The molecule has 1 aromatic carbocycles. The Balaban J connectivity index is 2.80. The summed E-state index contributed by atoms with van der Waals surface area (Å²) in [6.07, 6.45) is 0.827. The Bertz CT molecular complexity index is 499. The van der Waals surface area contributed by atoms with Crippen LogP contribution in [0.1, 0.15) is 29.6 Å². The van der Waals surface area contributed by atoms with Crippen LogP contribution < -0.4 is 9.47 Å². The summed E-state index contributed by atoms with van der Waals surface area (Å²) in [5, 5.41) is 0.297. The molecule has 20 heavy (non-hydrogen) atoms. The third-order valence-electron chi connectivity index (χ3n) is 2.79. The lowest BCUT2D eigenvalue weighted by molar-refractivity contribution is -0.140. The molecule has 0 amide bonds. The lowest BCUT2D eigenvalue weighted by Gasteiger charge is -2.11. The van der Waals surface area contributed by atoms with Crippen LogP contribution in [0.2, 0.25) is 5.02 Å². The van der Waals surface area contributed by atoms with Gasteiger partial charge >= 0.3 is 5.97 Å². The highest BCUT2D eigenvalue weighted by Gasteiger charge is 2.16. The van der Waals surface area contributed by atoms with Gasteiger partial charge in [-0.05, 0) is 12.5 Å². The van der Waals surface area contributed by atoms with Crippen LogP contribution in [0, 0.1) is 0 Å². The molecular formula is C14H17ClO5. The van der Waals surface area contributed by atoms with Gasteiger partial charge in [0, 0.05) is 24.5 Å². The first-order valence-corrected chi connectivity index (χ1v) is 6.42. The molecule has 0 aromatic heterocycles. The molecule has 1 aromatic rings. The summed E-state index contributed by atoms with van der Waals surface area (Å²) in [6.45, 7) is 0. The van der Waals surface area contributed by atoms with Crippen molar-refractivity contribution in [1.82, 2.24) is 0 Å². The predicted molar refractivity (Wildman–Crippen MR) is 74.8 cm³/mol. The van der Waals surface area contributed by atoms with Gasteiger partial charge in [0.2, 0.25) is 0 Å². The number of methoxy groups -OCH3 is 3. The average Bonchev–Trinajstić information content (AvgIpc) is 2.46. The summed E-state index contributed by atoms with van der Waals surface area (Å²) in [7, 11) is 4.29. The Morgan fingerprint density at radius 2 is 1.65 bits per heavy atom. The Morgan fingerprint density at radius 3 is 2.20 bits per heavy atom. The maximum Gasteiger partial charge on any atom is 0.305 e. The van der Waals surface area contributed by atoms with Gasteiger partial charge in [-0.2, -0.15) is 0 Å². The topological polar surface area (TPSA) is 61.8 Å². The monoisotopic (exact) mass is 300 g/mol. The minimum Gasteiger partial charge on any atom is -0.493 e. The molecule has 0 radical (unpaired) electrons. The van der Waals surface area contributed by atoms with Crippen molar-refractivity contribution in [3.63, 3.8) is 0 Å². The molecule has 6 heteroatoms. The smallest absolute Gasteiger partial charge is 0.305 e. The highest BCUT2D eigenvalue weighted by atomic mass is 35.5. The van der Waals surface area contributed by atoms with E-state index in [1.54, 1.807) is 6.07 Å². The van der Waals surface area contributed by atoms with Crippen molar-refractivity contribution < 1.29 is 23.8 Å². The summed E-state index contributed by atoms with van der Waals surface area (Å²) < 4.78 is 14.7. The number of benzene rings is 1. The molecule has 0 unspecified atom stereocenters. The summed E-state index contributed by atoms with van der Waals surface area (Å²) >= 11 is 6.05. The van der Waals surface area contributed by atoms with Crippen molar-refractivity contribution in [3.05, 3.63) is 22.7 Å². The van der Waals surface area contributed by atoms with Gasteiger partial charge in [0.25, 0.3) is 0 Å². The second-order valence-corrected chi connectivity index (χ2v) is 4.45. The maximum absolute atomic E-state index is 12.1. The Labute approximate surface area is 122 Å². The van der Waals surface area contributed by atoms with Crippen molar-refractivity contribution in [2.45, 2.75) is 19.3 Å². The lowest BCUT2D eigenvalue weighted by Crippen LogP contribution is -2.05.